The van der Waals surface area contributed by atoms with E-state index in [-0.39, 0.29) is 0 Å². The summed E-state index contributed by atoms with van der Waals surface area (Å²) in [6.07, 6.45) is 0. The van der Waals surface area contributed by atoms with Crippen molar-refractivity contribution in [3.63, 3.8) is 0 Å². The minimum atomic E-state index is -0.395. The lowest BCUT2D eigenvalue weighted by atomic mass is 10.0. The van der Waals surface area contributed by atoms with Crippen LogP contribution in [-0.2, 0) is 4.74 Å². The largest absolute Gasteiger partial charge is 0.497 e. The molecule has 22 heavy (non-hydrogen) atoms. The number of esters is 1. The molecule has 2 aromatic carbocycles. The molecular formula is C17H14BrNO3. The second kappa shape index (κ2) is 5.85. The number of ether oxygens (including phenoxy) is 2. The molecule has 0 amide bonds. The standard InChI is InChI=1S/C17H14BrNO3/c1-21-12-7-8-13-14(9-12)19-16(17(20)22-2)15(13)10-3-5-11(18)6-4-10/h3-9,19H,1-2H3. The lowest BCUT2D eigenvalue weighted by Gasteiger charge is -2.04. The molecule has 0 fully saturated rings. The number of aromatic nitrogens is 1. The van der Waals surface area contributed by atoms with Gasteiger partial charge in [-0.1, -0.05) is 28.1 Å². The number of carbonyl (C=O) groups is 1. The molecule has 0 spiro atoms. The SMILES string of the molecule is COC(=O)c1[nH]c2cc(OC)ccc2c1-c1ccc(Br)cc1. The number of hydrogen-bond acceptors (Lipinski definition) is 3. The second-order valence-electron chi connectivity index (χ2n) is 4.78. The van der Waals surface area contributed by atoms with Crippen LogP contribution in [0.15, 0.2) is 46.9 Å². The summed E-state index contributed by atoms with van der Waals surface area (Å²) in [5, 5.41) is 0.948. The maximum atomic E-state index is 12.1. The van der Waals surface area contributed by atoms with Gasteiger partial charge in [0.1, 0.15) is 11.4 Å². The van der Waals surface area contributed by atoms with E-state index in [9.17, 15) is 4.79 Å². The molecule has 5 heteroatoms. The summed E-state index contributed by atoms with van der Waals surface area (Å²) in [7, 11) is 2.99. The average Bonchev–Trinajstić information content (AvgIpc) is 2.93. The number of nitrogens with one attached hydrogen (secondary N) is 1. The maximum absolute atomic E-state index is 12.1. The Morgan fingerprint density at radius 1 is 1.09 bits per heavy atom. The molecule has 0 aliphatic heterocycles. The molecule has 3 aromatic rings. The van der Waals surface area contributed by atoms with Crippen LogP contribution >= 0.6 is 15.9 Å². The number of benzene rings is 2. The Kier molecular flexibility index (Phi) is 3.90. The van der Waals surface area contributed by atoms with Gasteiger partial charge in [0, 0.05) is 21.5 Å². The molecule has 112 valence electrons. The fourth-order valence-corrected chi connectivity index (χ4v) is 2.74. The fourth-order valence-electron chi connectivity index (χ4n) is 2.48. The number of hydrogen-bond donors (Lipinski definition) is 1. The number of methoxy groups -OCH3 is 2. The predicted molar refractivity (Wildman–Crippen MR) is 89.3 cm³/mol. The molecule has 4 nitrogen and oxygen atoms in total. The quantitative estimate of drug-likeness (QED) is 0.705. The zero-order valence-electron chi connectivity index (χ0n) is 12.1. The molecule has 0 aliphatic carbocycles. The Morgan fingerprint density at radius 2 is 1.82 bits per heavy atom. The first kappa shape index (κ1) is 14.7. The minimum absolute atomic E-state index is 0.395. The van der Waals surface area contributed by atoms with Crippen molar-refractivity contribution in [1.82, 2.24) is 4.98 Å². The van der Waals surface area contributed by atoms with Gasteiger partial charge in [-0.15, -0.1) is 0 Å². The van der Waals surface area contributed by atoms with Gasteiger partial charge in [0.25, 0.3) is 0 Å². The zero-order valence-corrected chi connectivity index (χ0v) is 13.7. The maximum Gasteiger partial charge on any atom is 0.355 e. The normalized spacial score (nSPS) is 10.7. The molecule has 0 saturated heterocycles. The minimum Gasteiger partial charge on any atom is -0.497 e. The highest BCUT2D eigenvalue weighted by Gasteiger charge is 2.20. The molecule has 3 rings (SSSR count). The van der Waals surface area contributed by atoms with Crippen LogP contribution in [0.4, 0.5) is 0 Å². The summed E-state index contributed by atoms with van der Waals surface area (Å²) in [6, 6.07) is 13.5. The number of aromatic amines is 1. The molecule has 0 saturated carbocycles. The highest BCUT2D eigenvalue weighted by atomic mass is 79.9. The van der Waals surface area contributed by atoms with Crippen molar-refractivity contribution in [1.29, 1.82) is 0 Å². The van der Waals surface area contributed by atoms with E-state index in [0.717, 1.165) is 32.3 Å². The Bertz CT molecular complexity index is 837. The van der Waals surface area contributed by atoms with Crippen LogP contribution in [0.1, 0.15) is 10.5 Å². The summed E-state index contributed by atoms with van der Waals surface area (Å²) < 4.78 is 11.1. The summed E-state index contributed by atoms with van der Waals surface area (Å²) in [6.45, 7) is 0. The molecule has 0 radical (unpaired) electrons. The van der Waals surface area contributed by atoms with Crippen LogP contribution in [0.5, 0.6) is 5.75 Å². The molecule has 0 unspecified atom stereocenters. The first-order chi connectivity index (χ1) is 10.6. The number of rotatable bonds is 3. The van der Waals surface area contributed by atoms with Crippen LogP contribution in [0.2, 0.25) is 0 Å². The van der Waals surface area contributed by atoms with E-state index in [1.54, 1.807) is 7.11 Å². The van der Waals surface area contributed by atoms with Crippen LogP contribution in [0.3, 0.4) is 0 Å². The number of H-pyrrole nitrogens is 1. The van der Waals surface area contributed by atoms with E-state index >= 15 is 0 Å². The third-order valence-corrected chi connectivity index (χ3v) is 4.06. The number of halogens is 1. The third-order valence-electron chi connectivity index (χ3n) is 3.53. The smallest absolute Gasteiger partial charge is 0.355 e. The molecule has 0 atom stereocenters. The van der Waals surface area contributed by atoms with Crippen LogP contribution in [0, 0.1) is 0 Å². The third kappa shape index (κ3) is 2.48. The van der Waals surface area contributed by atoms with Crippen molar-refractivity contribution in [2.45, 2.75) is 0 Å². The Hall–Kier alpha value is -2.27. The Balaban J connectivity index is 2.29. The molecule has 0 aliphatic rings. The van der Waals surface area contributed by atoms with Gasteiger partial charge in [-0.2, -0.15) is 0 Å². The molecule has 1 heterocycles. The van der Waals surface area contributed by atoms with Crippen LogP contribution < -0.4 is 4.74 Å². The van der Waals surface area contributed by atoms with Crippen molar-refractivity contribution in [3.05, 3.63) is 52.6 Å². The lowest BCUT2D eigenvalue weighted by Crippen LogP contribution is -2.03. The lowest BCUT2D eigenvalue weighted by molar-refractivity contribution is 0.0596. The zero-order chi connectivity index (χ0) is 15.7. The highest BCUT2D eigenvalue weighted by Crippen LogP contribution is 2.35. The van der Waals surface area contributed by atoms with Crippen molar-refractivity contribution in [2.24, 2.45) is 0 Å². The van der Waals surface area contributed by atoms with Gasteiger partial charge in [0.05, 0.1) is 19.7 Å². The summed E-state index contributed by atoms with van der Waals surface area (Å²) in [5.41, 5.74) is 3.04. The molecular weight excluding hydrogens is 346 g/mol. The van der Waals surface area contributed by atoms with Crippen LogP contribution in [-0.4, -0.2) is 25.2 Å². The predicted octanol–water partition coefficient (Wildman–Crippen LogP) is 4.39. The van der Waals surface area contributed by atoms with Gasteiger partial charge >= 0.3 is 5.97 Å². The average molecular weight is 360 g/mol. The van der Waals surface area contributed by atoms with Crippen LogP contribution in [0.25, 0.3) is 22.0 Å². The Labute approximate surface area is 136 Å². The van der Waals surface area contributed by atoms with Gasteiger partial charge < -0.3 is 14.5 Å². The van der Waals surface area contributed by atoms with E-state index < -0.39 is 5.97 Å². The summed E-state index contributed by atoms with van der Waals surface area (Å²) in [5.74, 6) is 0.334. The van der Waals surface area contributed by atoms with Gasteiger partial charge in [-0.3, -0.25) is 0 Å². The van der Waals surface area contributed by atoms with Crippen molar-refractivity contribution >= 4 is 32.8 Å². The molecule has 1 aromatic heterocycles. The van der Waals surface area contributed by atoms with E-state index in [1.807, 2.05) is 42.5 Å². The van der Waals surface area contributed by atoms with E-state index in [0.29, 0.717) is 5.69 Å². The van der Waals surface area contributed by atoms with Crippen molar-refractivity contribution in [3.8, 4) is 16.9 Å². The van der Waals surface area contributed by atoms with Gasteiger partial charge in [0.15, 0.2) is 0 Å². The van der Waals surface area contributed by atoms with Gasteiger partial charge in [-0.05, 0) is 29.8 Å². The van der Waals surface area contributed by atoms with Gasteiger partial charge in [-0.25, -0.2) is 4.79 Å². The number of fused-ring (bicyclic) bond motifs is 1. The van der Waals surface area contributed by atoms with Crippen molar-refractivity contribution < 1.29 is 14.3 Å². The molecule has 0 bridgehead atoms. The Morgan fingerprint density at radius 3 is 2.45 bits per heavy atom. The first-order valence-electron chi connectivity index (χ1n) is 6.68. The highest BCUT2D eigenvalue weighted by molar-refractivity contribution is 9.10. The first-order valence-corrected chi connectivity index (χ1v) is 7.47. The second-order valence-corrected chi connectivity index (χ2v) is 5.70. The fraction of sp³-hybridized carbons (Fsp3) is 0.118. The van der Waals surface area contributed by atoms with Gasteiger partial charge in [0.2, 0.25) is 0 Å². The topological polar surface area (TPSA) is 51.3 Å². The number of carbonyl (C=O) groups excluding carboxylic acids is 1. The van der Waals surface area contributed by atoms with E-state index in [2.05, 4.69) is 20.9 Å². The van der Waals surface area contributed by atoms with E-state index in [1.165, 1.54) is 7.11 Å². The van der Waals surface area contributed by atoms with E-state index in [4.69, 9.17) is 9.47 Å². The van der Waals surface area contributed by atoms with Crippen molar-refractivity contribution in [2.75, 3.05) is 14.2 Å². The monoisotopic (exact) mass is 359 g/mol. The molecule has 1 N–H and O–H groups in total. The summed E-state index contributed by atoms with van der Waals surface area (Å²) >= 11 is 3.42. The summed E-state index contributed by atoms with van der Waals surface area (Å²) in [4.78, 5) is 15.2.